The van der Waals surface area contributed by atoms with E-state index in [0.29, 0.717) is 24.9 Å². The summed E-state index contributed by atoms with van der Waals surface area (Å²) in [7, 11) is 2.09. The topological polar surface area (TPSA) is 49.8 Å². The van der Waals surface area contributed by atoms with Crippen LogP contribution in [0.2, 0.25) is 0 Å². The van der Waals surface area contributed by atoms with Crippen molar-refractivity contribution in [2.24, 2.45) is 0 Å². The average Bonchev–Trinajstić information content (AvgIpc) is 2.72. The second-order valence-electron chi connectivity index (χ2n) is 6.06. The number of carbonyl (C=O) groups excluding carboxylic acids is 1. The lowest BCUT2D eigenvalue weighted by Gasteiger charge is -2.36. The van der Waals surface area contributed by atoms with Gasteiger partial charge in [-0.1, -0.05) is 30.3 Å². The Bertz CT molecular complexity index is 522. The summed E-state index contributed by atoms with van der Waals surface area (Å²) in [5.41, 5.74) is 0.731. The maximum atomic E-state index is 12.4. The van der Waals surface area contributed by atoms with Gasteiger partial charge in [0.05, 0.1) is 7.98 Å². The van der Waals surface area contributed by atoms with Gasteiger partial charge < -0.3 is 14.7 Å². The van der Waals surface area contributed by atoms with E-state index in [-0.39, 0.29) is 6.61 Å². The van der Waals surface area contributed by atoms with E-state index in [2.05, 4.69) is 11.9 Å². The Balaban J connectivity index is 1.71. The summed E-state index contributed by atoms with van der Waals surface area (Å²) in [6.07, 6.45) is 2.10. The van der Waals surface area contributed by atoms with Crippen molar-refractivity contribution in [2.45, 2.75) is 49.8 Å². The standard InChI is InChI=1S/C17H23NO3/c1-18-13-7-8-14(18)10-15(9-13)21-17(20)16(11-19)12-5-3-2-4-6-12/h2-6,13-16,19H,7-11H2,1H3/t13-,14?,15?,16?/m1/s1/i15D. The third-order valence-electron chi connectivity index (χ3n) is 4.83. The molecule has 4 heteroatoms. The number of rotatable bonds is 4. The van der Waals surface area contributed by atoms with Crippen LogP contribution in [0, 0.1) is 0 Å². The van der Waals surface area contributed by atoms with E-state index in [1.54, 1.807) is 12.1 Å². The van der Waals surface area contributed by atoms with Gasteiger partial charge in [0.15, 0.2) is 0 Å². The van der Waals surface area contributed by atoms with Crippen molar-refractivity contribution < 1.29 is 16.0 Å². The molecule has 0 aromatic heterocycles. The van der Waals surface area contributed by atoms with Crippen LogP contribution in [-0.2, 0) is 9.53 Å². The molecule has 2 heterocycles. The van der Waals surface area contributed by atoms with Crippen LogP contribution in [0.15, 0.2) is 30.3 Å². The first-order chi connectivity index (χ1) is 10.5. The van der Waals surface area contributed by atoms with Crippen LogP contribution < -0.4 is 0 Å². The van der Waals surface area contributed by atoms with Crippen molar-refractivity contribution in [2.75, 3.05) is 13.7 Å². The number of esters is 1. The van der Waals surface area contributed by atoms with Crippen LogP contribution in [0.1, 0.15) is 38.5 Å². The molecule has 0 radical (unpaired) electrons. The minimum absolute atomic E-state index is 0.300. The first-order valence-electron chi connectivity index (χ1n) is 8.13. The summed E-state index contributed by atoms with van der Waals surface area (Å²) in [6.45, 7) is -0.300. The van der Waals surface area contributed by atoms with Gasteiger partial charge >= 0.3 is 5.97 Å². The molecule has 3 rings (SSSR count). The summed E-state index contributed by atoms with van der Waals surface area (Å²) in [4.78, 5) is 14.8. The Morgan fingerprint density at radius 1 is 1.38 bits per heavy atom. The fraction of sp³-hybridized carbons (Fsp3) is 0.588. The molecule has 2 saturated heterocycles. The van der Waals surface area contributed by atoms with E-state index in [1.807, 2.05) is 18.2 Å². The molecule has 114 valence electrons. The molecule has 0 aliphatic carbocycles. The molecule has 4 nitrogen and oxygen atoms in total. The van der Waals surface area contributed by atoms with Crippen LogP contribution in [-0.4, -0.2) is 47.8 Å². The SMILES string of the molecule is [2H]C1(OC(=O)C(CO)c2ccccc2)CC2CC[C@H](C1)N2C. The normalized spacial score (nSPS) is 34.3. The number of aliphatic hydroxyl groups is 1. The van der Waals surface area contributed by atoms with E-state index in [1.165, 1.54) is 0 Å². The highest BCUT2D eigenvalue weighted by Crippen LogP contribution is 2.36. The van der Waals surface area contributed by atoms with Gasteiger partial charge in [-0.05, 0) is 38.3 Å². The maximum Gasteiger partial charge on any atom is 0.316 e. The summed E-state index contributed by atoms with van der Waals surface area (Å²) >= 11 is 0. The molecule has 4 atom stereocenters. The minimum atomic E-state index is -1.16. The van der Waals surface area contributed by atoms with Crippen molar-refractivity contribution in [3.05, 3.63) is 35.9 Å². The second-order valence-corrected chi connectivity index (χ2v) is 6.06. The molecule has 2 aliphatic rings. The number of hydrogen-bond donors (Lipinski definition) is 1. The molecule has 21 heavy (non-hydrogen) atoms. The average molecular weight is 290 g/mol. The maximum absolute atomic E-state index is 12.4. The van der Waals surface area contributed by atoms with E-state index in [0.717, 1.165) is 18.4 Å². The highest BCUT2D eigenvalue weighted by atomic mass is 16.5. The number of aliphatic hydroxyl groups excluding tert-OH is 1. The molecule has 0 amide bonds. The van der Waals surface area contributed by atoms with Crippen LogP contribution in [0.3, 0.4) is 0 Å². The number of nitrogens with zero attached hydrogens (tertiary/aromatic N) is 1. The van der Waals surface area contributed by atoms with Crippen molar-refractivity contribution in [1.82, 2.24) is 4.90 Å². The van der Waals surface area contributed by atoms with E-state index >= 15 is 0 Å². The molecule has 2 aliphatic heterocycles. The second kappa shape index (κ2) is 6.16. The van der Waals surface area contributed by atoms with Crippen LogP contribution in [0.25, 0.3) is 0 Å². The zero-order valence-electron chi connectivity index (χ0n) is 13.4. The van der Waals surface area contributed by atoms with Gasteiger partial charge in [0.25, 0.3) is 0 Å². The van der Waals surface area contributed by atoms with Crippen LogP contribution in [0.5, 0.6) is 0 Å². The van der Waals surface area contributed by atoms with Crippen LogP contribution in [0.4, 0.5) is 0 Å². The zero-order valence-corrected chi connectivity index (χ0v) is 12.4. The smallest absolute Gasteiger partial charge is 0.316 e. The highest BCUT2D eigenvalue weighted by molar-refractivity contribution is 5.78. The fourth-order valence-corrected chi connectivity index (χ4v) is 3.49. The van der Waals surface area contributed by atoms with Gasteiger partial charge in [-0.2, -0.15) is 0 Å². The quantitative estimate of drug-likeness (QED) is 0.861. The molecule has 1 aromatic rings. The fourth-order valence-electron chi connectivity index (χ4n) is 3.49. The Morgan fingerprint density at radius 2 is 2.00 bits per heavy atom. The highest BCUT2D eigenvalue weighted by Gasteiger charge is 2.40. The third kappa shape index (κ3) is 2.97. The summed E-state index contributed by atoms with van der Waals surface area (Å²) in [6, 6.07) is 9.79. The van der Waals surface area contributed by atoms with Crippen molar-refractivity contribution in [3.63, 3.8) is 0 Å². The number of piperidine rings is 1. The Hall–Kier alpha value is -1.39. The van der Waals surface area contributed by atoms with E-state index in [4.69, 9.17) is 6.11 Å². The van der Waals surface area contributed by atoms with Crippen molar-refractivity contribution in [1.29, 1.82) is 0 Å². The molecule has 0 spiro atoms. The number of carbonyl (C=O) groups is 1. The van der Waals surface area contributed by atoms with Gasteiger partial charge in [0, 0.05) is 12.1 Å². The summed E-state index contributed by atoms with van der Waals surface area (Å²) in [5.74, 6) is -1.20. The van der Waals surface area contributed by atoms with Crippen molar-refractivity contribution >= 4 is 5.97 Å². The van der Waals surface area contributed by atoms with Crippen LogP contribution >= 0.6 is 0 Å². The molecular formula is C17H23NO3. The monoisotopic (exact) mass is 290 g/mol. The molecule has 2 bridgehead atoms. The molecule has 3 unspecified atom stereocenters. The van der Waals surface area contributed by atoms with Gasteiger partial charge in [0.2, 0.25) is 0 Å². The Kier molecular flexibility index (Phi) is 3.90. The largest absolute Gasteiger partial charge is 0.462 e. The molecule has 1 aromatic carbocycles. The van der Waals surface area contributed by atoms with Crippen molar-refractivity contribution in [3.8, 4) is 0 Å². The van der Waals surface area contributed by atoms with Gasteiger partial charge in [0.1, 0.15) is 12.0 Å². The minimum Gasteiger partial charge on any atom is -0.462 e. The molecule has 1 N–H and O–H groups in total. The first kappa shape index (κ1) is 13.3. The molecule has 2 fully saturated rings. The van der Waals surface area contributed by atoms with Gasteiger partial charge in [-0.15, -0.1) is 0 Å². The lowest BCUT2D eigenvalue weighted by atomic mass is 9.98. The third-order valence-corrected chi connectivity index (χ3v) is 4.83. The number of fused-ring (bicyclic) bond motifs is 2. The number of ether oxygens (including phenoxy) is 1. The lowest BCUT2D eigenvalue weighted by Crippen LogP contribution is -2.43. The lowest BCUT2D eigenvalue weighted by molar-refractivity contribution is -0.155. The zero-order chi connectivity index (χ0) is 15.7. The summed E-state index contributed by atoms with van der Waals surface area (Å²) < 4.78 is 14.1. The van der Waals surface area contributed by atoms with E-state index < -0.39 is 18.0 Å². The first-order valence-corrected chi connectivity index (χ1v) is 7.63. The molecule has 0 saturated carbocycles. The predicted octanol–water partition coefficient (Wildman–Crippen LogP) is 1.93. The van der Waals surface area contributed by atoms with Gasteiger partial charge in [-0.25, -0.2) is 0 Å². The predicted molar refractivity (Wildman–Crippen MR) is 80.0 cm³/mol. The van der Waals surface area contributed by atoms with E-state index in [9.17, 15) is 9.90 Å². The molecular weight excluding hydrogens is 266 g/mol. The number of hydrogen-bond acceptors (Lipinski definition) is 4. The Labute approximate surface area is 127 Å². The van der Waals surface area contributed by atoms with Gasteiger partial charge in [-0.3, -0.25) is 4.79 Å². The number of benzene rings is 1. The Morgan fingerprint density at radius 3 is 2.57 bits per heavy atom. The summed E-state index contributed by atoms with van der Waals surface area (Å²) in [5, 5.41) is 9.55.